The van der Waals surface area contributed by atoms with Crippen molar-refractivity contribution in [1.82, 2.24) is 19.9 Å². The average Bonchev–Trinajstić information content (AvgIpc) is 2.39. The Balaban J connectivity index is 0.000000219. The summed E-state index contributed by atoms with van der Waals surface area (Å²) >= 11 is 0. The van der Waals surface area contributed by atoms with E-state index < -0.39 is 0 Å². The van der Waals surface area contributed by atoms with Gasteiger partial charge in [0.1, 0.15) is 11.6 Å². The fourth-order valence-electron chi connectivity index (χ4n) is 1.68. The van der Waals surface area contributed by atoms with E-state index in [2.05, 4.69) is 19.9 Å². The van der Waals surface area contributed by atoms with Crippen molar-refractivity contribution in [2.75, 3.05) is 0 Å². The van der Waals surface area contributed by atoms with Crippen LogP contribution in [0.25, 0.3) is 0 Å². The summed E-state index contributed by atoms with van der Waals surface area (Å²) in [5, 5.41) is 0. The summed E-state index contributed by atoms with van der Waals surface area (Å²) in [5.41, 5.74) is 1.36. The maximum Gasteiger partial charge on any atom is 0.166 e. The highest BCUT2D eigenvalue weighted by Crippen LogP contribution is 2.17. The minimum Gasteiger partial charge on any atom is -0.239 e. The summed E-state index contributed by atoms with van der Waals surface area (Å²) in [7, 11) is 0. The monoisotopic (exact) mass is 294 g/mol. The Morgan fingerprint density at radius 3 is 1.90 bits per heavy atom. The molecule has 6 heteroatoms. The lowest BCUT2D eigenvalue weighted by atomic mass is 10.1. The molecule has 21 heavy (non-hydrogen) atoms. The van der Waals surface area contributed by atoms with Gasteiger partial charge in [-0.3, -0.25) is 0 Å². The first kappa shape index (κ1) is 17.1. The van der Waals surface area contributed by atoms with Gasteiger partial charge in [0.2, 0.25) is 0 Å². The van der Waals surface area contributed by atoms with Gasteiger partial charge < -0.3 is 0 Å². The second-order valence-corrected chi connectivity index (χ2v) is 5.06. The predicted molar refractivity (Wildman–Crippen MR) is 77.0 cm³/mol. The second-order valence-electron chi connectivity index (χ2n) is 5.06. The van der Waals surface area contributed by atoms with Crippen LogP contribution in [-0.4, -0.2) is 19.9 Å². The number of hydrogen-bond acceptors (Lipinski definition) is 4. The Morgan fingerprint density at radius 2 is 1.43 bits per heavy atom. The fourth-order valence-corrected chi connectivity index (χ4v) is 1.68. The molecule has 0 saturated heterocycles. The molecule has 0 aliphatic heterocycles. The molecule has 0 aromatic carbocycles. The van der Waals surface area contributed by atoms with Gasteiger partial charge in [0.05, 0.1) is 23.3 Å². The first-order valence-corrected chi connectivity index (χ1v) is 6.68. The normalized spacial score (nSPS) is 10.3. The molecule has 0 amide bonds. The lowest BCUT2D eigenvalue weighted by Gasteiger charge is -2.07. The Morgan fingerprint density at radius 1 is 0.857 bits per heavy atom. The summed E-state index contributed by atoms with van der Waals surface area (Å²) in [5.74, 6) is 0.744. The molecule has 0 saturated carbocycles. The number of hydrogen-bond donors (Lipinski definition) is 0. The summed E-state index contributed by atoms with van der Waals surface area (Å²) in [6.07, 6.45) is 1.18. The van der Waals surface area contributed by atoms with Crippen molar-refractivity contribution < 1.29 is 8.78 Å². The van der Waals surface area contributed by atoms with Gasteiger partial charge in [0.25, 0.3) is 0 Å². The van der Waals surface area contributed by atoms with Crippen molar-refractivity contribution in [1.29, 1.82) is 0 Å². The van der Waals surface area contributed by atoms with Gasteiger partial charge in [-0.1, -0.05) is 13.8 Å². The molecular formula is C15H20F2N4. The van der Waals surface area contributed by atoms with Crippen molar-refractivity contribution in [2.45, 2.75) is 47.5 Å². The molecule has 0 radical (unpaired) electrons. The molecule has 0 spiro atoms. The van der Waals surface area contributed by atoms with E-state index in [9.17, 15) is 8.78 Å². The Hall–Kier alpha value is -1.98. The molecule has 0 aliphatic carbocycles. The van der Waals surface area contributed by atoms with Crippen LogP contribution < -0.4 is 0 Å². The molecule has 0 fully saturated rings. The zero-order chi connectivity index (χ0) is 16.2. The Bertz CT molecular complexity index is 627. The van der Waals surface area contributed by atoms with Crippen LogP contribution in [0.2, 0.25) is 0 Å². The van der Waals surface area contributed by atoms with E-state index >= 15 is 0 Å². The van der Waals surface area contributed by atoms with E-state index in [4.69, 9.17) is 0 Å². The van der Waals surface area contributed by atoms with Crippen molar-refractivity contribution in [3.8, 4) is 0 Å². The Kier molecular flexibility index (Phi) is 5.81. The highest BCUT2D eigenvalue weighted by molar-refractivity contribution is 5.15. The van der Waals surface area contributed by atoms with Crippen LogP contribution in [0.3, 0.4) is 0 Å². The molecule has 4 nitrogen and oxygen atoms in total. The van der Waals surface area contributed by atoms with Crippen molar-refractivity contribution in [2.24, 2.45) is 0 Å². The molecule has 0 N–H and O–H groups in total. The van der Waals surface area contributed by atoms with Crippen molar-refractivity contribution >= 4 is 0 Å². The predicted octanol–water partition coefficient (Wildman–Crippen LogP) is 3.59. The molecule has 114 valence electrons. The minimum atomic E-state index is -0.347. The lowest BCUT2D eigenvalue weighted by molar-refractivity contribution is 0.562. The quantitative estimate of drug-likeness (QED) is 0.806. The molecular weight excluding hydrogens is 274 g/mol. The third-order valence-corrected chi connectivity index (χ3v) is 2.74. The van der Waals surface area contributed by atoms with Gasteiger partial charge in [-0.25, -0.2) is 28.7 Å². The van der Waals surface area contributed by atoms with Crippen LogP contribution in [0.1, 0.15) is 48.5 Å². The molecule has 0 unspecified atom stereocenters. The van der Waals surface area contributed by atoms with Gasteiger partial charge in [-0.2, -0.15) is 0 Å². The maximum atomic E-state index is 13.3. The van der Waals surface area contributed by atoms with Crippen LogP contribution in [0.5, 0.6) is 0 Å². The third kappa shape index (κ3) is 4.81. The average molecular weight is 294 g/mol. The van der Waals surface area contributed by atoms with Gasteiger partial charge in [0, 0.05) is 0 Å². The van der Waals surface area contributed by atoms with Crippen LogP contribution in [0.4, 0.5) is 8.78 Å². The van der Waals surface area contributed by atoms with Crippen LogP contribution >= 0.6 is 0 Å². The molecule has 2 heterocycles. The number of aryl methyl sites for hydroxylation is 4. The summed E-state index contributed by atoms with van der Waals surface area (Å²) in [4.78, 5) is 15.4. The van der Waals surface area contributed by atoms with Crippen molar-refractivity contribution in [3.63, 3.8) is 0 Å². The van der Waals surface area contributed by atoms with Crippen molar-refractivity contribution in [3.05, 3.63) is 46.6 Å². The van der Waals surface area contributed by atoms with E-state index in [-0.39, 0.29) is 17.6 Å². The standard InChI is InChI=1S/C9H13FN2.C6H7FN2/c1-5(2)9-8(10)6(3)11-7(4)12-9;1-4-6(7)3-8-5(2)9-4/h5H,1-4H3;3H,1-2H3. The largest absolute Gasteiger partial charge is 0.239 e. The fraction of sp³-hybridized carbons (Fsp3) is 0.467. The number of nitrogens with zero attached hydrogens (tertiary/aromatic N) is 4. The highest BCUT2D eigenvalue weighted by atomic mass is 19.1. The van der Waals surface area contributed by atoms with Gasteiger partial charge in [-0.15, -0.1) is 0 Å². The number of rotatable bonds is 1. The Labute approximate surface area is 123 Å². The summed E-state index contributed by atoms with van der Waals surface area (Å²) < 4.78 is 25.7. The molecule has 2 aromatic heterocycles. The molecule has 0 bridgehead atoms. The van der Waals surface area contributed by atoms with Gasteiger partial charge in [-0.05, 0) is 33.6 Å². The summed E-state index contributed by atoms with van der Waals surface area (Å²) in [6, 6.07) is 0. The van der Waals surface area contributed by atoms with Crippen LogP contribution in [-0.2, 0) is 0 Å². The van der Waals surface area contributed by atoms with E-state index in [0.717, 1.165) is 0 Å². The van der Waals surface area contributed by atoms with Gasteiger partial charge in [0.15, 0.2) is 11.6 Å². The zero-order valence-electron chi connectivity index (χ0n) is 13.2. The van der Waals surface area contributed by atoms with Crippen LogP contribution in [0.15, 0.2) is 6.20 Å². The van der Waals surface area contributed by atoms with Gasteiger partial charge >= 0.3 is 0 Å². The smallest absolute Gasteiger partial charge is 0.166 e. The molecule has 0 atom stereocenters. The number of halogens is 2. The molecule has 2 rings (SSSR count). The first-order valence-electron chi connectivity index (χ1n) is 6.68. The number of aromatic nitrogens is 4. The van der Waals surface area contributed by atoms with Crippen LogP contribution in [0, 0.1) is 39.3 Å². The van der Waals surface area contributed by atoms with E-state index in [1.807, 2.05) is 13.8 Å². The molecule has 0 aliphatic rings. The maximum absolute atomic E-state index is 13.3. The highest BCUT2D eigenvalue weighted by Gasteiger charge is 2.12. The van der Waals surface area contributed by atoms with E-state index in [1.54, 1.807) is 27.7 Å². The first-order chi connectivity index (χ1) is 9.72. The minimum absolute atomic E-state index is 0.116. The molecule has 2 aromatic rings. The zero-order valence-corrected chi connectivity index (χ0v) is 13.2. The second kappa shape index (κ2) is 7.15. The SMILES string of the molecule is Cc1nc(C)c(F)c(C(C)C)n1.Cc1ncc(F)c(C)n1. The van der Waals surface area contributed by atoms with E-state index in [0.29, 0.717) is 28.7 Å². The topological polar surface area (TPSA) is 51.6 Å². The van der Waals surface area contributed by atoms with E-state index in [1.165, 1.54) is 6.20 Å². The third-order valence-electron chi connectivity index (χ3n) is 2.74. The lowest BCUT2D eigenvalue weighted by Crippen LogP contribution is -2.04. The summed E-state index contributed by atoms with van der Waals surface area (Å²) in [6.45, 7) is 10.6.